The van der Waals surface area contributed by atoms with Crippen LogP contribution < -0.4 is 0 Å². The molecule has 126 valence electrons. The summed E-state index contributed by atoms with van der Waals surface area (Å²) < 4.78 is 0. The van der Waals surface area contributed by atoms with E-state index in [0.29, 0.717) is 11.4 Å². The quantitative estimate of drug-likeness (QED) is 0.837. The van der Waals surface area contributed by atoms with Crippen LogP contribution in [0.25, 0.3) is 0 Å². The van der Waals surface area contributed by atoms with Crippen molar-refractivity contribution in [3.63, 3.8) is 0 Å². The molecule has 0 atom stereocenters. The Bertz CT molecular complexity index is 652. The summed E-state index contributed by atoms with van der Waals surface area (Å²) in [5.74, 6) is 0.200. The minimum absolute atomic E-state index is 0.200. The van der Waals surface area contributed by atoms with Crippen LogP contribution in [0.3, 0.4) is 0 Å². The summed E-state index contributed by atoms with van der Waals surface area (Å²) in [6.07, 6.45) is 5.15. The smallest absolute Gasteiger partial charge is 0.227 e. The van der Waals surface area contributed by atoms with Crippen molar-refractivity contribution in [1.82, 2.24) is 14.8 Å². The van der Waals surface area contributed by atoms with Crippen LogP contribution in [0, 0.1) is 0 Å². The summed E-state index contributed by atoms with van der Waals surface area (Å²) >= 11 is 5.88. The van der Waals surface area contributed by atoms with Crippen molar-refractivity contribution >= 4 is 17.5 Å². The fourth-order valence-corrected chi connectivity index (χ4v) is 3.07. The van der Waals surface area contributed by atoms with Crippen molar-refractivity contribution in [2.24, 2.45) is 0 Å². The van der Waals surface area contributed by atoms with E-state index in [1.807, 2.05) is 41.6 Å². The van der Waals surface area contributed by atoms with Crippen LogP contribution in [0.15, 0.2) is 48.8 Å². The summed E-state index contributed by atoms with van der Waals surface area (Å²) in [5, 5.41) is 0.703. The first-order valence-electron chi connectivity index (χ1n) is 8.34. The number of pyridine rings is 1. The average molecular weight is 344 g/mol. The summed E-state index contributed by atoms with van der Waals surface area (Å²) in [6.45, 7) is 4.53. The minimum atomic E-state index is 0.200. The predicted molar refractivity (Wildman–Crippen MR) is 96.1 cm³/mol. The second-order valence-electron chi connectivity index (χ2n) is 6.13. The van der Waals surface area contributed by atoms with Gasteiger partial charge in [-0.05, 0) is 41.8 Å². The lowest BCUT2D eigenvalue weighted by Gasteiger charge is -2.34. The summed E-state index contributed by atoms with van der Waals surface area (Å²) in [7, 11) is 0. The van der Waals surface area contributed by atoms with Gasteiger partial charge in [-0.25, -0.2) is 0 Å². The van der Waals surface area contributed by atoms with Gasteiger partial charge in [0.1, 0.15) is 0 Å². The van der Waals surface area contributed by atoms with E-state index in [1.165, 1.54) is 5.56 Å². The van der Waals surface area contributed by atoms with Crippen LogP contribution in [0.2, 0.25) is 5.02 Å². The number of amides is 1. The van der Waals surface area contributed by atoms with E-state index in [1.54, 1.807) is 0 Å². The van der Waals surface area contributed by atoms with Crippen molar-refractivity contribution in [2.45, 2.75) is 12.8 Å². The number of piperazine rings is 1. The lowest BCUT2D eigenvalue weighted by atomic mass is 10.1. The molecule has 4 nitrogen and oxygen atoms in total. The van der Waals surface area contributed by atoms with E-state index < -0.39 is 0 Å². The van der Waals surface area contributed by atoms with Crippen LogP contribution in [0.5, 0.6) is 0 Å². The third-order valence-corrected chi connectivity index (χ3v) is 4.71. The number of aromatic nitrogens is 1. The molecule has 24 heavy (non-hydrogen) atoms. The van der Waals surface area contributed by atoms with E-state index in [2.05, 4.69) is 22.0 Å². The summed E-state index contributed by atoms with van der Waals surface area (Å²) in [4.78, 5) is 20.8. The maximum absolute atomic E-state index is 12.4. The van der Waals surface area contributed by atoms with Crippen molar-refractivity contribution in [3.8, 4) is 0 Å². The molecule has 1 aliphatic heterocycles. The monoisotopic (exact) mass is 343 g/mol. The number of benzene rings is 1. The molecule has 1 saturated heterocycles. The number of halogens is 1. The molecule has 0 N–H and O–H groups in total. The molecular weight excluding hydrogens is 322 g/mol. The van der Waals surface area contributed by atoms with Gasteiger partial charge in [-0.2, -0.15) is 0 Å². The third kappa shape index (κ3) is 4.79. The predicted octanol–water partition coefficient (Wildman–Crippen LogP) is 2.66. The van der Waals surface area contributed by atoms with Crippen molar-refractivity contribution in [3.05, 3.63) is 64.9 Å². The summed E-state index contributed by atoms with van der Waals surface area (Å²) in [6, 6.07) is 11.6. The average Bonchev–Trinajstić information content (AvgIpc) is 2.63. The van der Waals surface area contributed by atoms with Gasteiger partial charge >= 0.3 is 0 Å². The van der Waals surface area contributed by atoms with Crippen LogP contribution >= 0.6 is 11.6 Å². The standard InChI is InChI=1S/C19H22ClN3O/c20-18-3-1-17(2-4-18)15-19(24)23-13-11-22(12-14-23)10-7-16-5-8-21-9-6-16/h1-6,8-9H,7,10-15H2. The van der Waals surface area contributed by atoms with Crippen molar-refractivity contribution in [1.29, 1.82) is 0 Å². The Morgan fingerprint density at radius 2 is 1.62 bits per heavy atom. The second kappa shape index (κ2) is 8.27. The van der Waals surface area contributed by atoms with Gasteiger partial charge in [0.2, 0.25) is 5.91 Å². The van der Waals surface area contributed by atoms with Crippen LogP contribution in [0.1, 0.15) is 11.1 Å². The highest BCUT2D eigenvalue weighted by Gasteiger charge is 2.20. The Morgan fingerprint density at radius 1 is 0.958 bits per heavy atom. The highest BCUT2D eigenvalue weighted by molar-refractivity contribution is 6.30. The molecule has 0 radical (unpaired) electrons. The largest absolute Gasteiger partial charge is 0.340 e. The number of hydrogen-bond acceptors (Lipinski definition) is 3. The van der Waals surface area contributed by atoms with E-state index >= 15 is 0 Å². The zero-order valence-corrected chi connectivity index (χ0v) is 14.5. The Labute approximate surface area is 148 Å². The SMILES string of the molecule is O=C(Cc1ccc(Cl)cc1)N1CCN(CCc2ccncc2)CC1. The fourth-order valence-electron chi connectivity index (χ4n) is 2.95. The molecule has 1 amide bonds. The molecule has 1 aliphatic rings. The molecule has 0 saturated carbocycles. The zero-order chi connectivity index (χ0) is 16.8. The molecule has 0 unspecified atom stereocenters. The van der Waals surface area contributed by atoms with Crippen LogP contribution in [-0.2, 0) is 17.6 Å². The second-order valence-corrected chi connectivity index (χ2v) is 6.57. The van der Waals surface area contributed by atoms with Gasteiger partial charge in [-0.3, -0.25) is 14.7 Å². The normalized spacial score (nSPS) is 15.5. The maximum Gasteiger partial charge on any atom is 0.227 e. The summed E-state index contributed by atoms with van der Waals surface area (Å²) in [5.41, 5.74) is 2.33. The minimum Gasteiger partial charge on any atom is -0.340 e. The van der Waals surface area contributed by atoms with Gasteiger partial charge in [0, 0.05) is 50.1 Å². The lowest BCUT2D eigenvalue weighted by molar-refractivity contribution is -0.132. The molecule has 1 fully saturated rings. The molecule has 1 aromatic carbocycles. The van der Waals surface area contributed by atoms with E-state index in [0.717, 1.165) is 44.7 Å². The molecule has 1 aromatic heterocycles. The topological polar surface area (TPSA) is 36.4 Å². The molecule has 3 rings (SSSR count). The Hall–Kier alpha value is -1.91. The molecule has 5 heteroatoms. The number of rotatable bonds is 5. The Kier molecular flexibility index (Phi) is 5.83. The van der Waals surface area contributed by atoms with Gasteiger partial charge in [-0.15, -0.1) is 0 Å². The Balaban J connectivity index is 1.42. The molecular formula is C19H22ClN3O. The number of carbonyl (C=O) groups excluding carboxylic acids is 1. The first-order chi connectivity index (χ1) is 11.7. The van der Waals surface area contributed by atoms with Crippen LogP contribution in [0.4, 0.5) is 0 Å². The van der Waals surface area contributed by atoms with Gasteiger partial charge < -0.3 is 4.90 Å². The van der Waals surface area contributed by atoms with E-state index in [4.69, 9.17) is 11.6 Å². The fraction of sp³-hybridized carbons (Fsp3) is 0.368. The number of nitrogens with zero attached hydrogens (tertiary/aromatic N) is 3. The highest BCUT2D eigenvalue weighted by atomic mass is 35.5. The van der Waals surface area contributed by atoms with Gasteiger partial charge in [0.15, 0.2) is 0 Å². The van der Waals surface area contributed by atoms with E-state index in [9.17, 15) is 4.79 Å². The number of carbonyl (C=O) groups is 1. The first kappa shape index (κ1) is 16.9. The zero-order valence-electron chi connectivity index (χ0n) is 13.7. The highest BCUT2D eigenvalue weighted by Crippen LogP contribution is 2.12. The number of hydrogen-bond donors (Lipinski definition) is 0. The lowest BCUT2D eigenvalue weighted by Crippen LogP contribution is -2.49. The molecule has 2 aromatic rings. The molecule has 0 spiro atoms. The third-order valence-electron chi connectivity index (χ3n) is 4.46. The van der Waals surface area contributed by atoms with E-state index in [-0.39, 0.29) is 5.91 Å². The van der Waals surface area contributed by atoms with Crippen molar-refractivity contribution in [2.75, 3.05) is 32.7 Å². The van der Waals surface area contributed by atoms with Gasteiger partial charge in [0.05, 0.1) is 6.42 Å². The first-order valence-corrected chi connectivity index (χ1v) is 8.72. The molecule has 2 heterocycles. The molecule has 0 aliphatic carbocycles. The Morgan fingerprint density at radius 3 is 2.29 bits per heavy atom. The van der Waals surface area contributed by atoms with Gasteiger partial charge in [0.25, 0.3) is 0 Å². The maximum atomic E-state index is 12.4. The van der Waals surface area contributed by atoms with Crippen LogP contribution in [-0.4, -0.2) is 53.4 Å². The van der Waals surface area contributed by atoms with Crippen molar-refractivity contribution < 1.29 is 4.79 Å². The van der Waals surface area contributed by atoms with Gasteiger partial charge in [-0.1, -0.05) is 23.7 Å². The molecule has 0 bridgehead atoms.